The normalized spacial score (nSPS) is 11.5. The third-order valence-corrected chi connectivity index (χ3v) is 5.47. The molecular formula is C21H24N2O4S. The Morgan fingerprint density at radius 3 is 2.36 bits per heavy atom. The minimum absolute atomic E-state index is 0.116. The molecule has 0 heterocycles. The van der Waals surface area contributed by atoms with Gasteiger partial charge in [-0.2, -0.15) is 0 Å². The van der Waals surface area contributed by atoms with Crippen LogP contribution in [0, 0.1) is 12.8 Å². The highest BCUT2D eigenvalue weighted by Crippen LogP contribution is 2.22. The van der Waals surface area contributed by atoms with Gasteiger partial charge in [0.05, 0.1) is 11.5 Å². The van der Waals surface area contributed by atoms with Gasteiger partial charge >= 0.3 is 5.97 Å². The molecule has 2 N–H and O–H groups in total. The molecule has 0 aliphatic heterocycles. The lowest BCUT2D eigenvalue weighted by atomic mass is 9.99. The largest absolute Gasteiger partial charge is 0.478 e. The van der Waals surface area contributed by atoms with E-state index >= 15 is 0 Å². The number of carbonyl (C=O) groups excluding carboxylic acids is 2. The molecule has 0 aromatic heterocycles. The zero-order valence-electron chi connectivity index (χ0n) is 16.1. The van der Waals surface area contributed by atoms with Crippen molar-refractivity contribution < 1.29 is 19.5 Å². The minimum Gasteiger partial charge on any atom is -0.478 e. The second-order valence-corrected chi connectivity index (χ2v) is 7.60. The number of nitrogens with one attached hydrogen (secondary N) is 1. The number of benzene rings is 2. The molecule has 2 amide bonds. The average Bonchev–Trinajstić information content (AvgIpc) is 2.66. The quantitative estimate of drug-likeness (QED) is 0.736. The number of amides is 2. The monoisotopic (exact) mass is 400 g/mol. The molecule has 0 saturated carbocycles. The van der Waals surface area contributed by atoms with Gasteiger partial charge in [-0.3, -0.25) is 9.59 Å². The summed E-state index contributed by atoms with van der Waals surface area (Å²) in [6.45, 7) is 1.66. The van der Waals surface area contributed by atoms with E-state index in [1.165, 1.54) is 11.0 Å². The smallest absolute Gasteiger partial charge is 0.336 e. The Kier molecular flexibility index (Phi) is 7.63. The van der Waals surface area contributed by atoms with E-state index < -0.39 is 11.9 Å². The third-order valence-electron chi connectivity index (χ3n) is 4.29. The van der Waals surface area contributed by atoms with Gasteiger partial charge in [-0.15, -0.1) is 0 Å². The molecule has 1 atom stereocenters. The van der Waals surface area contributed by atoms with Gasteiger partial charge in [0.1, 0.15) is 0 Å². The summed E-state index contributed by atoms with van der Waals surface area (Å²) < 4.78 is 0. The van der Waals surface area contributed by atoms with Crippen LogP contribution in [0.15, 0.2) is 48.5 Å². The molecule has 28 heavy (non-hydrogen) atoms. The summed E-state index contributed by atoms with van der Waals surface area (Å²) in [6, 6.07) is 14.4. The number of nitrogens with zero attached hydrogens (tertiary/aromatic N) is 1. The van der Waals surface area contributed by atoms with Crippen molar-refractivity contribution >= 4 is 34.6 Å². The van der Waals surface area contributed by atoms with Crippen LogP contribution in [0.1, 0.15) is 21.5 Å². The predicted molar refractivity (Wildman–Crippen MR) is 112 cm³/mol. The number of hydrogen-bond acceptors (Lipinski definition) is 4. The summed E-state index contributed by atoms with van der Waals surface area (Å²) in [4.78, 5) is 37.7. The number of carboxylic acids is 1. The van der Waals surface area contributed by atoms with Gasteiger partial charge in [0.2, 0.25) is 5.91 Å². The molecule has 0 aliphatic carbocycles. The molecule has 0 aliphatic rings. The lowest BCUT2D eigenvalue weighted by Crippen LogP contribution is -2.28. The van der Waals surface area contributed by atoms with Crippen molar-refractivity contribution in [2.75, 3.05) is 25.2 Å². The second kappa shape index (κ2) is 9.94. The topological polar surface area (TPSA) is 86.7 Å². The van der Waals surface area contributed by atoms with E-state index in [2.05, 4.69) is 5.32 Å². The summed E-state index contributed by atoms with van der Waals surface area (Å²) in [5.41, 5.74) is 2.11. The molecule has 6 nitrogen and oxygen atoms in total. The van der Waals surface area contributed by atoms with Crippen LogP contribution < -0.4 is 5.32 Å². The summed E-state index contributed by atoms with van der Waals surface area (Å²) in [7, 11) is 3.34. The van der Waals surface area contributed by atoms with E-state index in [0.717, 1.165) is 17.3 Å². The number of carboxylic acid groups (broad SMARTS) is 1. The van der Waals surface area contributed by atoms with Gasteiger partial charge < -0.3 is 15.3 Å². The van der Waals surface area contributed by atoms with Crippen molar-refractivity contribution in [3.05, 3.63) is 65.2 Å². The molecule has 0 saturated heterocycles. The van der Waals surface area contributed by atoms with Crippen LogP contribution in [-0.2, 0) is 11.2 Å². The maximum absolute atomic E-state index is 12.9. The molecule has 7 heteroatoms. The first-order valence-corrected chi connectivity index (χ1v) is 9.80. The Labute approximate surface area is 168 Å². The van der Waals surface area contributed by atoms with E-state index in [1.54, 1.807) is 33.2 Å². The molecule has 2 aromatic rings. The lowest BCUT2D eigenvalue weighted by molar-refractivity contribution is -0.119. The molecular weight excluding hydrogens is 376 g/mol. The van der Waals surface area contributed by atoms with E-state index in [0.29, 0.717) is 23.4 Å². The van der Waals surface area contributed by atoms with Crippen LogP contribution in [-0.4, -0.2) is 47.0 Å². The lowest BCUT2D eigenvalue weighted by Gasteiger charge is -2.19. The number of carbonyl (C=O) groups is 3. The SMILES string of the molecule is Cc1c(NC(=O)C(CSC(=O)N(C)C)Cc2ccccc2)cccc1C(=O)O. The summed E-state index contributed by atoms with van der Waals surface area (Å²) in [5, 5.41) is 12.0. The Hall–Kier alpha value is -2.80. The first kappa shape index (κ1) is 21.5. The van der Waals surface area contributed by atoms with Crippen molar-refractivity contribution in [3.8, 4) is 0 Å². The Morgan fingerprint density at radius 1 is 1.07 bits per heavy atom. The Morgan fingerprint density at radius 2 is 1.75 bits per heavy atom. The molecule has 2 aromatic carbocycles. The second-order valence-electron chi connectivity index (χ2n) is 6.63. The van der Waals surface area contributed by atoms with Crippen molar-refractivity contribution in [1.29, 1.82) is 0 Å². The van der Waals surface area contributed by atoms with Crippen molar-refractivity contribution in [2.45, 2.75) is 13.3 Å². The molecule has 0 bridgehead atoms. The fraction of sp³-hybridized carbons (Fsp3) is 0.286. The number of thioether (sulfide) groups is 1. The summed E-state index contributed by atoms with van der Waals surface area (Å²) >= 11 is 1.10. The van der Waals surface area contributed by atoms with Crippen LogP contribution in [0.5, 0.6) is 0 Å². The summed E-state index contributed by atoms with van der Waals surface area (Å²) in [6.07, 6.45) is 0.484. The standard InChI is InChI=1S/C21H24N2O4S/c1-14-17(20(25)26)10-7-11-18(14)22-19(24)16(13-28-21(27)23(2)3)12-15-8-5-4-6-9-15/h4-11,16H,12-13H2,1-3H3,(H,22,24)(H,25,26). The Bertz CT molecular complexity index is 853. The number of aromatic carboxylic acids is 1. The van der Waals surface area contributed by atoms with Crippen LogP contribution in [0.25, 0.3) is 0 Å². The fourth-order valence-corrected chi connectivity index (χ4v) is 3.54. The molecule has 0 fully saturated rings. The van der Waals surface area contributed by atoms with Crippen LogP contribution >= 0.6 is 11.8 Å². The van der Waals surface area contributed by atoms with Gasteiger partial charge in [-0.1, -0.05) is 48.2 Å². The van der Waals surface area contributed by atoms with E-state index in [9.17, 15) is 19.5 Å². The maximum Gasteiger partial charge on any atom is 0.336 e. The van der Waals surface area contributed by atoms with Crippen molar-refractivity contribution in [2.24, 2.45) is 5.92 Å². The first-order chi connectivity index (χ1) is 13.3. The molecule has 1 unspecified atom stereocenters. The molecule has 0 radical (unpaired) electrons. The van der Waals surface area contributed by atoms with Crippen LogP contribution in [0.3, 0.4) is 0 Å². The van der Waals surface area contributed by atoms with Crippen molar-refractivity contribution in [3.63, 3.8) is 0 Å². The van der Waals surface area contributed by atoms with E-state index in [-0.39, 0.29) is 16.7 Å². The van der Waals surface area contributed by atoms with Gasteiger partial charge in [0, 0.05) is 25.5 Å². The number of hydrogen-bond donors (Lipinski definition) is 2. The minimum atomic E-state index is -1.04. The first-order valence-electron chi connectivity index (χ1n) is 8.81. The highest BCUT2D eigenvalue weighted by molar-refractivity contribution is 8.13. The van der Waals surface area contributed by atoms with Gasteiger partial charge in [-0.05, 0) is 36.6 Å². The van der Waals surface area contributed by atoms with Crippen LogP contribution in [0.4, 0.5) is 10.5 Å². The average molecular weight is 401 g/mol. The van der Waals surface area contributed by atoms with Gasteiger partial charge in [0.25, 0.3) is 5.24 Å². The number of rotatable bonds is 7. The highest BCUT2D eigenvalue weighted by atomic mass is 32.2. The Balaban J connectivity index is 2.19. The van der Waals surface area contributed by atoms with Gasteiger partial charge in [0.15, 0.2) is 0 Å². The highest BCUT2D eigenvalue weighted by Gasteiger charge is 2.22. The third kappa shape index (κ3) is 5.85. The summed E-state index contributed by atoms with van der Waals surface area (Å²) in [5.74, 6) is -1.39. The maximum atomic E-state index is 12.9. The van der Waals surface area contributed by atoms with E-state index in [4.69, 9.17) is 0 Å². The zero-order chi connectivity index (χ0) is 20.7. The van der Waals surface area contributed by atoms with Gasteiger partial charge in [-0.25, -0.2) is 4.79 Å². The van der Waals surface area contributed by atoms with Crippen molar-refractivity contribution in [1.82, 2.24) is 4.90 Å². The van der Waals surface area contributed by atoms with Crippen LogP contribution in [0.2, 0.25) is 0 Å². The fourth-order valence-electron chi connectivity index (χ4n) is 2.66. The molecule has 148 valence electrons. The zero-order valence-corrected chi connectivity index (χ0v) is 17.0. The molecule has 2 rings (SSSR count). The molecule has 0 spiro atoms. The number of anilines is 1. The van der Waals surface area contributed by atoms with E-state index in [1.807, 2.05) is 30.3 Å². The predicted octanol–water partition coefficient (Wildman–Crippen LogP) is 3.91.